The molecule has 7 nitrogen and oxygen atoms in total. The predicted molar refractivity (Wildman–Crippen MR) is 95.9 cm³/mol. The summed E-state index contributed by atoms with van der Waals surface area (Å²) in [7, 11) is -8.50. The molecule has 1 N–H and O–H groups in total. The average Bonchev–Trinajstić information content (AvgIpc) is 2.59. The van der Waals surface area contributed by atoms with Crippen LogP contribution < -0.4 is 4.72 Å². The van der Waals surface area contributed by atoms with Gasteiger partial charge in [0.2, 0.25) is 10.0 Å². The van der Waals surface area contributed by atoms with Gasteiger partial charge >= 0.3 is 6.18 Å². The first kappa shape index (κ1) is 21.3. The largest absolute Gasteiger partial charge is 0.417 e. The maximum Gasteiger partial charge on any atom is 0.417 e. The molecule has 0 aromatic heterocycles. The van der Waals surface area contributed by atoms with E-state index in [4.69, 9.17) is 0 Å². The van der Waals surface area contributed by atoms with Crippen LogP contribution in [0.5, 0.6) is 0 Å². The SMILES string of the molecule is O=C(NS(=O)(=O)c1cccc(S(=O)(=O)N2CCC2)c1)c1ccccc1C(F)(F)F. The van der Waals surface area contributed by atoms with E-state index in [2.05, 4.69) is 0 Å². The molecular formula is C17H15F3N2O5S2. The van der Waals surface area contributed by atoms with Gasteiger partial charge in [-0.3, -0.25) is 4.79 Å². The lowest BCUT2D eigenvalue weighted by atomic mass is 10.1. The number of benzene rings is 2. The molecule has 2 aromatic carbocycles. The molecule has 156 valence electrons. The monoisotopic (exact) mass is 448 g/mol. The zero-order valence-electron chi connectivity index (χ0n) is 14.7. The van der Waals surface area contributed by atoms with E-state index in [-0.39, 0.29) is 4.90 Å². The van der Waals surface area contributed by atoms with Crippen molar-refractivity contribution >= 4 is 26.0 Å². The fourth-order valence-electron chi connectivity index (χ4n) is 2.64. The zero-order chi connectivity index (χ0) is 21.4. The molecule has 0 unspecified atom stereocenters. The number of hydrogen-bond acceptors (Lipinski definition) is 5. The first-order valence-corrected chi connectivity index (χ1v) is 11.2. The van der Waals surface area contributed by atoms with Crippen molar-refractivity contribution in [1.82, 2.24) is 9.03 Å². The number of nitrogens with one attached hydrogen (secondary N) is 1. The maximum atomic E-state index is 13.1. The molecule has 0 bridgehead atoms. The number of nitrogens with zero attached hydrogens (tertiary/aromatic N) is 1. The molecule has 0 atom stereocenters. The van der Waals surface area contributed by atoms with Crippen LogP contribution >= 0.6 is 0 Å². The smallest absolute Gasteiger partial charge is 0.268 e. The molecule has 1 saturated heterocycles. The average molecular weight is 448 g/mol. The molecule has 1 aliphatic rings. The van der Waals surface area contributed by atoms with Gasteiger partial charge in [0, 0.05) is 13.1 Å². The van der Waals surface area contributed by atoms with Gasteiger partial charge in [0.1, 0.15) is 0 Å². The second-order valence-electron chi connectivity index (χ2n) is 6.21. The minimum atomic E-state index is -4.86. The van der Waals surface area contributed by atoms with Crippen molar-refractivity contribution in [3.8, 4) is 0 Å². The molecule has 3 rings (SSSR count). The van der Waals surface area contributed by atoms with E-state index in [1.165, 1.54) is 12.1 Å². The van der Waals surface area contributed by atoms with Gasteiger partial charge in [-0.1, -0.05) is 18.2 Å². The maximum absolute atomic E-state index is 13.1. The first-order valence-electron chi connectivity index (χ1n) is 8.26. The fourth-order valence-corrected chi connectivity index (χ4v) is 5.29. The zero-order valence-corrected chi connectivity index (χ0v) is 16.3. The summed E-state index contributed by atoms with van der Waals surface area (Å²) in [6.45, 7) is 0.620. The van der Waals surface area contributed by atoms with Gasteiger partial charge in [-0.05, 0) is 36.8 Å². The van der Waals surface area contributed by atoms with E-state index >= 15 is 0 Å². The number of alkyl halides is 3. The third-order valence-electron chi connectivity index (χ3n) is 4.27. The highest BCUT2D eigenvalue weighted by molar-refractivity contribution is 7.90. The van der Waals surface area contributed by atoms with Crippen molar-refractivity contribution < 1.29 is 34.8 Å². The van der Waals surface area contributed by atoms with Crippen LogP contribution in [0.2, 0.25) is 0 Å². The van der Waals surface area contributed by atoms with Crippen molar-refractivity contribution in [3.05, 3.63) is 59.7 Å². The molecule has 0 spiro atoms. The third-order valence-corrected chi connectivity index (χ3v) is 7.50. The van der Waals surface area contributed by atoms with E-state index in [0.717, 1.165) is 34.6 Å². The number of amides is 1. The van der Waals surface area contributed by atoms with Gasteiger partial charge in [0.15, 0.2) is 0 Å². The molecule has 1 fully saturated rings. The molecule has 12 heteroatoms. The summed E-state index contributed by atoms with van der Waals surface area (Å²) in [5.74, 6) is -1.48. The minimum absolute atomic E-state index is 0.289. The van der Waals surface area contributed by atoms with E-state index < -0.39 is 48.2 Å². The summed E-state index contributed by atoms with van der Waals surface area (Å²) in [4.78, 5) is 11.4. The molecule has 1 amide bonds. The van der Waals surface area contributed by atoms with Gasteiger partial charge < -0.3 is 0 Å². The second kappa shape index (κ2) is 7.43. The van der Waals surface area contributed by atoms with Gasteiger partial charge in [0.05, 0.1) is 20.9 Å². The number of halogens is 3. The molecule has 1 aliphatic heterocycles. The van der Waals surface area contributed by atoms with E-state index in [1.54, 1.807) is 4.72 Å². The van der Waals surface area contributed by atoms with Crippen LogP contribution in [0.4, 0.5) is 13.2 Å². The fraction of sp³-hybridized carbons (Fsp3) is 0.235. The number of rotatable bonds is 5. The van der Waals surface area contributed by atoms with E-state index in [0.29, 0.717) is 25.6 Å². The van der Waals surface area contributed by atoms with Crippen LogP contribution in [0.1, 0.15) is 22.3 Å². The van der Waals surface area contributed by atoms with Crippen LogP contribution in [0.3, 0.4) is 0 Å². The van der Waals surface area contributed by atoms with Crippen molar-refractivity contribution in [2.75, 3.05) is 13.1 Å². The summed E-state index contributed by atoms with van der Waals surface area (Å²) in [6.07, 6.45) is -4.17. The lowest BCUT2D eigenvalue weighted by Gasteiger charge is -2.29. The summed E-state index contributed by atoms with van der Waals surface area (Å²) in [6, 6.07) is 8.01. The van der Waals surface area contributed by atoms with E-state index in [1.807, 2.05) is 0 Å². The summed E-state index contributed by atoms with van der Waals surface area (Å²) in [5.41, 5.74) is -2.16. The second-order valence-corrected chi connectivity index (χ2v) is 9.83. The summed E-state index contributed by atoms with van der Waals surface area (Å²) in [5, 5.41) is 0. The Kier molecular flexibility index (Phi) is 5.45. The predicted octanol–water partition coefficient (Wildman–Crippen LogP) is 2.22. The van der Waals surface area contributed by atoms with Crippen LogP contribution in [-0.4, -0.2) is 40.1 Å². The molecule has 29 heavy (non-hydrogen) atoms. The summed E-state index contributed by atoms with van der Waals surface area (Å²) >= 11 is 0. The number of carbonyl (C=O) groups excluding carboxylic acids is 1. The quantitative estimate of drug-likeness (QED) is 0.756. The first-order chi connectivity index (χ1) is 13.4. The lowest BCUT2D eigenvalue weighted by molar-refractivity contribution is -0.137. The van der Waals surface area contributed by atoms with Crippen LogP contribution in [0, 0.1) is 0 Å². The summed E-state index contributed by atoms with van der Waals surface area (Å²) < 4.78 is 91.7. The van der Waals surface area contributed by atoms with E-state index in [9.17, 15) is 34.8 Å². The van der Waals surface area contributed by atoms with Crippen LogP contribution in [-0.2, 0) is 26.2 Å². The number of carbonyl (C=O) groups is 1. The lowest BCUT2D eigenvalue weighted by Crippen LogP contribution is -2.42. The molecule has 0 aliphatic carbocycles. The topological polar surface area (TPSA) is 101 Å². The Balaban J connectivity index is 1.91. The molecule has 0 radical (unpaired) electrons. The Morgan fingerprint density at radius 3 is 2.14 bits per heavy atom. The molecule has 0 saturated carbocycles. The van der Waals surface area contributed by atoms with Crippen LogP contribution in [0.25, 0.3) is 0 Å². The van der Waals surface area contributed by atoms with Gasteiger partial charge in [0.25, 0.3) is 15.9 Å². The van der Waals surface area contributed by atoms with Crippen molar-refractivity contribution in [2.24, 2.45) is 0 Å². The molecule has 1 heterocycles. The Labute approximate surface area is 165 Å². The Morgan fingerprint density at radius 2 is 1.55 bits per heavy atom. The van der Waals surface area contributed by atoms with Crippen molar-refractivity contribution in [2.45, 2.75) is 22.4 Å². The van der Waals surface area contributed by atoms with Crippen LogP contribution in [0.15, 0.2) is 58.3 Å². The Bertz CT molecular complexity index is 1160. The molecular weight excluding hydrogens is 433 g/mol. The van der Waals surface area contributed by atoms with Gasteiger partial charge in [-0.25, -0.2) is 21.6 Å². The molecule has 2 aromatic rings. The Morgan fingerprint density at radius 1 is 0.931 bits per heavy atom. The van der Waals surface area contributed by atoms with Gasteiger partial charge in [-0.15, -0.1) is 0 Å². The normalized spacial score (nSPS) is 15.6. The highest BCUT2D eigenvalue weighted by atomic mass is 32.2. The van der Waals surface area contributed by atoms with Crippen molar-refractivity contribution in [1.29, 1.82) is 0 Å². The number of sulfonamides is 2. The number of hydrogen-bond donors (Lipinski definition) is 1. The highest BCUT2D eigenvalue weighted by Crippen LogP contribution is 2.32. The van der Waals surface area contributed by atoms with Gasteiger partial charge in [-0.2, -0.15) is 17.5 Å². The minimum Gasteiger partial charge on any atom is -0.268 e. The Hall–Kier alpha value is -2.44. The highest BCUT2D eigenvalue weighted by Gasteiger charge is 2.36. The third kappa shape index (κ3) is 4.28. The van der Waals surface area contributed by atoms with Crippen molar-refractivity contribution in [3.63, 3.8) is 0 Å². The standard InChI is InChI=1S/C17H15F3N2O5S2/c18-17(19,20)15-8-2-1-7-14(15)16(23)21-28(24,25)12-5-3-6-13(11-12)29(26,27)22-9-4-10-22/h1-3,5-8,11H,4,9-10H2,(H,21,23).